The van der Waals surface area contributed by atoms with Gasteiger partial charge < -0.3 is 14.2 Å². The van der Waals surface area contributed by atoms with Gasteiger partial charge in [-0.05, 0) is 12.8 Å². The van der Waals surface area contributed by atoms with Crippen LogP contribution in [0.1, 0.15) is 20.3 Å². The van der Waals surface area contributed by atoms with Crippen molar-refractivity contribution in [1.82, 2.24) is 0 Å². The van der Waals surface area contributed by atoms with Crippen molar-refractivity contribution < 1.29 is 28.6 Å². The number of carbonyl (C=O) groups excluding carboxylic acids is 3. The SMILES string of the molecule is C#CC[C@H](C(=O)OCC)[C@H](C)C(C(=O)OC)C(=O)OC. The Bertz CT molecular complexity index is 379. The summed E-state index contributed by atoms with van der Waals surface area (Å²) in [5, 5.41) is 0. The van der Waals surface area contributed by atoms with Crippen LogP contribution in [0.4, 0.5) is 0 Å². The first-order valence-corrected chi connectivity index (χ1v) is 6.20. The topological polar surface area (TPSA) is 78.9 Å². The van der Waals surface area contributed by atoms with E-state index in [2.05, 4.69) is 15.4 Å². The minimum absolute atomic E-state index is 0.0600. The monoisotopic (exact) mass is 284 g/mol. The van der Waals surface area contributed by atoms with Gasteiger partial charge >= 0.3 is 17.9 Å². The lowest BCUT2D eigenvalue weighted by Gasteiger charge is -2.25. The fourth-order valence-corrected chi connectivity index (χ4v) is 1.87. The summed E-state index contributed by atoms with van der Waals surface area (Å²) in [5.74, 6) is -2.41. The van der Waals surface area contributed by atoms with Crippen molar-refractivity contribution in [3.63, 3.8) is 0 Å². The van der Waals surface area contributed by atoms with Gasteiger partial charge in [-0.1, -0.05) is 6.92 Å². The highest BCUT2D eigenvalue weighted by Gasteiger charge is 2.41. The van der Waals surface area contributed by atoms with Gasteiger partial charge in [0.25, 0.3) is 0 Å². The number of hydrogen-bond donors (Lipinski definition) is 0. The van der Waals surface area contributed by atoms with Crippen molar-refractivity contribution in [1.29, 1.82) is 0 Å². The predicted octanol–water partition coefficient (Wildman–Crippen LogP) is 0.787. The van der Waals surface area contributed by atoms with Crippen LogP contribution in [0.3, 0.4) is 0 Å². The van der Waals surface area contributed by atoms with E-state index in [9.17, 15) is 14.4 Å². The smallest absolute Gasteiger partial charge is 0.320 e. The Morgan fingerprint density at radius 2 is 1.60 bits per heavy atom. The lowest BCUT2D eigenvalue weighted by atomic mass is 9.81. The zero-order valence-electron chi connectivity index (χ0n) is 12.2. The zero-order valence-corrected chi connectivity index (χ0v) is 12.2. The highest BCUT2D eigenvalue weighted by molar-refractivity contribution is 5.95. The molecule has 112 valence electrons. The van der Waals surface area contributed by atoms with Crippen LogP contribution in [-0.2, 0) is 28.6 Å². The molecule has 0 aliphatic carbocycles. The molecule has 0 aromatic carbocycles. The maximum absolute atomic E-state index is 11.9. The Kier molecular flexibility index (Phi) is 8.06. The van der Waals surface area contributed by atoms with Gasteiger partial charge in [0, 0.05) is 6.42 Å². The van der Waals surface area contributed by atoms with Gasteiger partial charge in [0.15, 0.2) is 5.92 Å². The van der Waals surface area contributed by atoms with E-state index >= 15 is 0 Å². The molecule has 0 aliphatic heterocycles. The normalized spacial score (nSPS) is 13.0. The molecule has 0 aliphatic rings. The third-order valence-corrected chi connectivity index (χ3v) is 3.00. The highest BCUT2D eigenvalue weighted by atomic mass is 16.5. The molecule has 6 nitrogen and oxygen atoms in total. The summed E-state index contributed by atoms with van der Waals surface area (Å²) in [5.41, 5.74) is 0. The minimum atomic E-state index is -1.22. The molecule has 0 unspecified atom stereocenters. The predicted molar refractivity (Wildman–Crippen MR) is 70.3 cm³/mol. The van der Waals surface area contributed by atoms with Gasteiger partial charge in [0.05, 0.1) is 26.7 Å². The summed E-state index contributed by atoms with van der Waals surface area (Å²) in [6.07, 6.45) is 5.29. The van der Waals surface area contributed by atoms with E-state index in [0.29, 0.717) is 0 Å². The quantitative estimate of drug-likeness (QED) is 0.297. The molecule has 0 fully saturated rings. The number of esters is 3. The first-order valence-electron chi connectivity index (χ1n) is 6.20. The summed E-state index contributed by atoms with van der Waals surface area (Å²) < 4.78 is 14.1. The Hall–Kier alpha value is -2.03. The Morgan fingerprint density at radius 1 is 1.10 bits per heavy atom. The van der Waals surface area contributed by atoms with Crippen molar-refractivity contribution in [2.24, 2.45) is 17.8 Å². The largest absolute Gasteiger partial charge is 0.468 e. The number of methoxy groups -OCH3 is 2. The maximum atomic E-state index is 11.9. The van der Waals surface area contributed by atoms with Crippen molar-refractivity contribution in [2.45, 2.75) is 20.3 Å². The molecule has 0 spiro atoms. The van der Waals surface area contributed by atoms with Crippen molar-refractivity contribution >= 4 is 17.9 Å². The van der Waals surface area contributed by atoms with Gasteiger partial charge in [0.1, 0.15) is 0 Å². The summed E-state index contributed by atoms with van der Waals surface area (Å²) in [6, 6.07) is 0. The van der Waals surface area contributed by atoms with Crippen LogP contribution in [0.15, 0.2) is 0 Å². The van der Waals surface area contributed by atoms with E-state index < -0.39 is 35.7 Å². The second-order valence-electron chi connectivity index (χ2n) is 4.15. The standard InChI is InChI=1S/C14H20O6/c1-6-8-10(12(15)20-7-2)9(3)11(13(16)18-4)14(17)19-5/h1,9-11H,7-8H2,2-5H3/t9-,10-/m0/s1. The fourth-order valence-electron chi connectivity index (χ4n) is 1.87. The fraction of sp³-hybridized carbons (Fsp3) is 0.643. The molecule has 0 aromatic rings. The van der Waals surface area contributed by atoms with Crippen LogP contribution >= 0.6 is 0 Å². The Balaban J connectivity index is 5.30. The van der Waals surface area contributed by atoms with E-state index in [4.69, 9.17) is 11.2 Å². The zero-order chi connectivity index (χ0) is 15.7. The van der Waals surface area contributed by atoms with Gasteiger partial charge in [-0.3, -0.25) is 14.4 Å². The van der Waals surface area contributed by atoms with Gasteiger partial charge in [-0.15, -0.1) is 12.3 Å². The second kappa shape index (κ2) is 8.97. The van der Waals surface area contributed by atoms with Gasteiger partial charge in [-0.25, -0.2) is 0 Å². The molecule has 0 saturated heterocycles. The molecule has 0 N–H and O–H groups in total. The summed E-state index contributed by atoms with van der Waals surface area (Å²) >= 11 is 0. The van der Waals surface area contributed by atoms with Crippen molar-refractivity contribution in [3.05, 3.63) is 0 Å². The average molecular weight is 284 g/mol. The summed E-state index contributed by atoms with van der Waals surface area (Å²) in [4.78, 5) is 35.3. The van der Waals surface area contributed by atoms with Crippen molar-refractivity contribution in [2.75, 3.05) is 20.8 Å². The molecule has 0 heterocycles. The number of rotatable bonds is 7. The van der Waals surface area contributed by atoms with Crippen LogP contribution in [0.25, 0.3) is 0 Å². The van der Waals surface area contributed by atoms with E-state index in [1.807, 2.05) is 0 Å². The van der Waals surface area contributed by atoms with Crippen LogP contribution in [-0.4, -0.2) is 38.7 Å². The van der Waals surface area contributed by atoms with Crippen LogP contribution in [0, 0.1) is 30.1 Å². The second-order valence-corrected chi connectivity index (χ2v) is 4.15. The lowest BCUT2D eigenvalue weighted by Crippen LogP contribution is -2.38. The average Bonchev–Trinajstić information content (AvgIpc) is 2.44. The molecule has 0 saturated carbocycles. The molecule has 0 bridgehead atoms. The first kappa shape index (κ1) is 18.0. The van der Waals surface area contributed by atoms with Gasteiger partial charge in [0.2, 0.25) is 0 Å². The molecule has 0 radical (unpaired) electrons. The van der Waals surface area contributed by atoms with E-state index in [0.717, 1.165) is 14.2 Å². The van der Waals surface area contributed by atoms with E-state index in [1.165, 1.54) is 0 Å². The highest BCUT2D eigenvalue weighted by Crippen LogP contribution is 2.27. The molecule has 0 rings (SSSR count). The molecule has 6 heteroatoms. The van der Waals surface area contributed by atoms with E-state index in [-0.39, 0.29) is 13.0 Å². The Labute approximate surface area is 118 Å². The maximum Gasteiger partial charge on any atom is 0.320 e. The van der Waals surface area contributed by atoms with Crippen LogP contribution in [0.2, 0.25) is 0 Å². The van der Waals surface area contributed by atoms with E-state index in [1.54, 1.807) is 13.8 Å². The third kappa shape index (κ3) is 4.57. The van der Waals surface area contributed by atoms with Gasteiger partial charge in [-0.2, -0.15) is 0 Å². The van der Waals surface area contributed by atoms with Crippen molar-refractivity contribution in [3.8, 4) is 12.3 Å². The summed E-state index contributed by atoms with van der Waals surface area (Å²) in [6.45, 7) is 3.42. The molecule has 2 atom stereocenters. The molecular weight excluding hydrogens is 264 g/mol. The molecule has 0 amide bonds. The third-order valence-electron chi connectivity index (χ3n) is 3.00. The first-order chi connectivity index (χ1) is 9.44. The molecular formula is C14H20O6. The molecule has 20 heavy (non-hydrogen) atoms. The number of carbonyl (C=O) groups is 3. The summed E-state index contributed by atoms with van der Waals surface area (Å²) in [7, 11) is 2.32. The van der Waals surface area contributed by atoms with Crippen LogP contribution < -0.4 is 0 Å². The Morgan fingerprint density at radius 3 is 1.95 bits per heavy atom. The number of terminal acetylenes is 1. The minimum Gasteiger partial charge on any atom is -0.468 e. The number of ether oxygens (including phenoxy) is 3. The lowest BCUT2D eigenvalue weighted by molar-refractivity contribution is -0.164. The van der Waals surface area contributed by atoms with Crippen LogP contribution in [0.5, 0.6) is 0 Å². The molecule has 0 aromatic heterocycles. The number of hydrogen-bond acceptors (Lipinski definition) is 6.